The van der Waals surface area contributed by atoms with Gasteiger partial charge in [0.1, 0.15) is 23.4 Å². The third kappa shape index (κ3) is 3.89. The van der Waals surface area contributed by atoms with Crippen molar-refractivity contribution < 1.29 is 88.3 Å². The summed E-state index contributed by atoms with van der Waals surface area (Å²) in [5, 5.41) is 47.1. The Bertz CT molecular complexity index is 1150. The number of aliphatic hydroxyl groups excluding tert-OH is 2. The molecular weight excluding hydrogens is 707 g/mol. The number of ether oxygens (including phenoxy) is 3. The Labute approximate surface area is 258 Å². The summed E-state index contributed by atoms with van der Waals surface area (Å²) in [5.41, 5.74) is -5.42. The van der Waals surface area contributed by atoms with Gasteiger partial charge in [0.05, 0.1) is 35.9 Å². The standard InChI is InChI=1S/C28H36O9.Ac/c1-14-16(29)12-28(34)23(37-24(32)15-9-7-6-8-10-15)21-26(4,17(30)11-18-27(21,33)13-36-18)22(31)20(35-5)19(14)25(28,2)3;/h6-10,16-18,20-21,23,29-30,33-34H,11-13H2,1-5H3;/t16-,17-,18+,20+,21-,23-,26+,27-,28+;/m0./s1. The maximum atomic E-state index is 14.4. The number of carbonyl (C=O) groups is 2. The average Bonchev–Trinajstić information content (AvgIpc) is 2.86. The van der Waals surface area contributed by atoms with Crippen molar-refractivity contribution >= 4 is 11.8 Å². The Morgan fingerprint density at radius 1 is 1.11 bits per heavy atom. The van der Waals surface area contributed by atoms with Gasteiger partial charge in [-0.15, -0.1) is 0 Å². The third-order valence-electron chi connectivity index (χ3n) is 9.86. The van der Waals surface area contributed by atoms with Crippen LogP contribution in [0.15, 0.2) is 41.5 Å². The molecule has 1 aromatic rings. The Balaban J connectivity index is 0.00000336. The van der Waals surface area contributed by atoms with E-state index in [0.717, 1.165) is 0 Å². The zero-order valence-electron chi connectivity index (χ0n) is 22.4. The first-order valence-electron chi connectivity index (χ1n) is 12.7. The van der Waals surface area contributed by atoms with E-state index in [1.165, 1.54) is 14.0 Å². The van der Waals surface area contributed by atoms with Crippen LogP contribution in [0.3, 0.4) is 0 Å². The van der Waals surface area contributed by atoms with E-state index < -0.39 is 70.2 Å². The molecule has 0 amide bonds. The number of ketones is 1. The number of esters is 1. The van der Waals surface area contributed by atoms with E-state index in [1.807, 2.05) is 0 Å². The van der Waals surface area contributed by atoms with Crippen LogP contribution in [0, 0.1) is 60.8 Å². The fraction of sp³-hybridized carbons (Fsp3) is 0.643. The molecule has 0 unspecified atom stereocenters. The number of hydrogen-bond acceptors (Lipinski definition) is 9. The molecule has 10 heteroatoms. The molecule has 0 spiro atoms. The monoisotopic (exact) mass is 743 g/mol. The fourth-order valence-electron chi connectivity index (χ4n) is 7.45. The summed E-state index contributed by atoms with van der Waals surface area (Å²) >= 11 is 0. The molecule has 5 rings (SSSR count). The van der Waals surface area contributed by atoms with Gasteiger partial charge in [-0.3, -0.25) is 4.79 Å². The van der Waals surface area contributed by atoms with Crippen LogP contribution in [-0.2, 0) is 19.0 Å². The van der Waals surface area contributed by atoms with Crippen LogP contribution in [0.4, 0.5) is 0 Å². The number of hydrogen-bond donors (Lipinski definition) is 4. The predicted molar refractivity (Wildman–Crippen MR) is 130 cm³/mol. The Hall–Kier alpha value is -0.698. The zero-order chi connectivity index (χ0) is 27.1. The summed E-state index contributed by atoms with van der Waals surface area (Å²) in [4.78, 5) is 27.8. The van der Waals surface area contributed by atoms with Gasteiger partial charge in [0.2, 0.25) is 0 Å². The molecule has 3 fully saturated rings. The summed E-state index contributed by atoms with van der Waals surface area (Å²) in [6.07, 6.45) is -6.15. The summed E-state index contributed by atoms with van der Waals surface area (Å²) < 4.78 is 17.4. The molecule has 0 aromatic heterocycles. The molecule has 3 aliphatic carbocycles. The molecule has 38 heavy (non-hydrogen) atoms. The number of methoxy groups -OCH3 is 1. The normalized spacial score (nSPS) is 43.4. The van der Waals surface area contributed by atoms with E-state index in [1.54, 1.807) is 51.1 Å². The van der Waals surface area contributed by atoms with Crippen molar-refractivity contribution in [2.24, 2.45) is 16.7 Å². The first-order chi connectivity index (χ1) is 17.2. The molecular formula is C28H36AcO9. The average molecular weight is 744 g/mol. The number of fused-ring (bicyclic) bond motifs is 5. The molecule has 205 valence electrons. The minimum absolute atomic E-state index is 0. The number of carbonyl (C=O) groups excluding carboxylic acids is 2. The Morgan fingerprint density at radius 3 is 2.29 bits per heavy atom. The van der Waals surface area contributed by atoms with Gasteiger partial charge in [-0.2, -0.15) is 0 Å². The second-order valence-corrected chi connectivity index (χ2v) is 11.8. The van der Waals surface area contributed by atoms with Crippen LogP contribution >= 0.6 is 0 Å². The van der Waals surface area contributed by atoms with E-state index in [9.17, 15) is 30.0 Å². The van der Waals surface area contributed by atoms with Crippen molar-refractivity contribution in [2.45, 2.75) is 82.3 Å². The maximum absolute atomic E-state index is 14.4. The quantitative estimate of drug-likeness (QED) is 0.265. The third-order valence-corrected chi connectivity index (χ3v) is 9.86. The van der Waals surface area contributed by atoms with Crippen molar-refractivity contribution in [3.8, 4) is 0 Å². The van der Waals surface area contributed by atoms with E-state index in [4.69, 9.17) is 14.2 Å². The second kappa shape index (κ2) is 9.99. The smallest absolute Gasteiger partial charge is 0.338 e. The van der Waals surface area contributed by atoms with Gasteiger partial charge in [-0.25, -0.2) is 4.79 Å². The topological polar surface area (TPSA) is 143 Å². The van der Waals surface area contributed by atoms with Crippen LogP contribution in [0.5, 0.6) is 0 Å². The molecule has 4 aliphatic rings. The van der Waals surface area contributed by atoms with Crippen molar-refractivity contribution in [2.75, 3.05) is 13.7 Å². The second-order valence-electron chi connectivity index (χ2n) is 11.8. The van der Waals surface area contributed by atoms with E-state index in [0.29, 0.717) is 11.1 Å². The maximum Gasteiger partial charge on any atom is 0.338 e. The summed E-state index contributed by atoms with van der Waals surface area (Å²) in [5.74, 6) is -2.52. The Morgan fingerprint density at radius 2 is 1.74 bits per heavy atom. The molecule has 1 radical (unpaired) electrons. The zero-order valence-corrected chi connectivity index (χ0v) is 27.1. The number of benzene rings is 1. The van der Waals surface area contributed by atoms with Gasteiger partial charge in [0, 0.05) is 75.3 Å². The minimum atomic E-state index is -1.94. The number of rotatable bonds is 3. The minimum Gasteiger partial charge on any atom is -0.455 e. The first-order valence-corrected chi connectivity index (χ1v) is 12.7. The van der Waals surface area contributed by atoms with E-state index >= 15 is 0 Å². The first kappa shape index (κ1) is 30.3. The molecule has 1 aliphatic heterocycles. The van der Waals surface area contributed by atoms with Gasteiger partial charge < -0.3 is 34.6 Å². The molecule has 1 aromatic carbocycles. The van der Waals surface area contributed by atoms with Gasteiger partial charge in [0.15, 0.2) is 5.78 Å². The van der Waals surface area contributed by atoms with Crippen molar-refractivity contribution in [1.82, 2.24) is 0 Å². The SMILES string of the molecule is CO[C@H]1C(=O)[C@@]2(C)[C@H]([C@H](OC(=O)c3ccccc3)[C@]3(O)C[C@H](O)C(C)=C1C3(C)C)[C@]1(O)CO[C@@H]1C[C@@H]2O.[Ac]. The summed E-state index contributed by atoms with van der Waals surface area (Å²) in [7, 11) is 1.37. The van der Waals surface area contributed by atoms with Crippen molar-refractivity contribution in [3.63, 3.8) is 0 Å². The van der Waals surface area contributed by atoms with E-state index in [-0.39, 0.29) is 69.1 Å². The van der Waals surface area contributed by atoms with Crippen molar-refractivity contribution in [3.05, 3.63) is 47.0 Å². The number of aliphatic hydroxyl groups is 4. The van der Waals surface area contributed by atoms with Crippen LogP contribution in [-0.4, -0.2) is 87.6 Å². The van der Waals surface area contributed by atoms with Crippen molar-refractivity contribution in [1.29, 1.82) is 0 Å². The van der Waals surface area contributed by atoms with Crippen LogP contribution in [0.25, 0.3) is 0 Å². The molecule has 4 N–H and O–H groups in total. The largest absolute Gasteiger partial charge is 0.455 e. The van der Waals surface area contributed by atoms with Gasteiger partial charge in [0.25, 0.3) is 0 Å². The Kier molecular flexibility index (Phi) is 7.95. The molecule has 1 heterocycles. The molecule has 9 nitrogen and oxygen atoms in total. The van der Waals surface area contributed by atoms with Crippen LogP contribution < -0.4 is 0 Å². The summed E-state index contributed by atoms with van der Waals surface area (Å²) in [6, 6.07) is 8.23. The van der Waals surface area contributed by atoms with Gasteiger partial charge in [-0.05, 0) is 37.1 Å². The van der Waals surface area contributed by atoms with Gasteiger partial charge >= 0.3 is 5.97 Å². The number of Topliss-reactive ketones (excluding diaryl/α,β-unsaturated/α-hetero) is 1. The van der Waals surface area contributed by atoms with Crippen LogP contribution in [0.1, 0.15) is 50.9 Å². The summed E-state index contributed by atoms with van der Waals surface area (Å²) in [6.45, 7) is 6.52. The predicted octanol–water partition coefficient (Wildman–Crippen LogP) is 1.17. The fourth-order valence-corrected chi connectivity index (χ4v) is 7.45. The van der Waals surface area contributed by atoms with Crippen LogP contribution in [0.2, 0.25) is 0 Å². The van der Waals surface area contributed by atoms with Gasteiger partial charge in [-0.1, -0.05) is 32.0 Å². The van der Waals surface area contributed by atoms with E-state index in [2.05, 4.69) is 0 Å². The molecule has 2 saturated carbocycles. The molecule has 2 bridgehead atoms. The molecule has 9 atom stereocenters. The molecule has 1 saturated heterocycles.